The monoisotopic (exact) mass is 309 g/mol. The van der Waals surface area contributed by atoms with E-state index in [1.807, 2.05) is 12.1 Å². The first kappa shape index (κ1) is 15.8. The lowest BCUT2D eigenvalue weighted by molar-refractivity contribution is -0.139. The second kappa shape index (κ2) is 8.00. The summed E-state index contributed by atoms with van der Waals surface area (Å²) in [6.07, 6.45) is 2.07. The molecule has 0 aliphatic carbocycles. The highest BCUT2D eigenvalue weighted by atomic mass is 35.5. The molecule has 0 spiro atoms. The number of halogens is 1. The van der Waals surface area contributed by atoms with E-state index in [1.165, 1.54) is 0 Å². The predicted molar refractivity (Wildman–Crippen MR) is 81.9 cm³/mol. The minimum Gasteiger partial charge on any atom is -0.348 e. The van der Waals surface area contributed by atoms with Gasteiger partial charge in [-0.2, -0.15) is 0 Å². The third kappa shape index (κ3) is 5.36. The Morgan fingerprint density at radius 1 is 1.10 bits per heavy atom. The Morgan fingerprint density at radius 2 is 1.71 bits per heavy atom. The molecule has 5 nitrogen and oxygen atoms in total. The average molecular weight is 310 g/mol. The maximum atomic E-state index is 11.7. The maximum absolute atomic E-state index is 11.7. The van der Waals surface area contributed by atoms with Gasteiger partial charge in [0.25, 0.3) is 0 Å². The molecule has 1 aromatic rings. The number of hydrogen-bond acceptors (Lipinski definition) is 3. The molecule has 1 saturated heterocycles. The second-order valence-corrected chi connectivity index (χ2v) is 5.65. The molecule has 21 heavy (non-hydrogen) atoms. The zero-order chi connectivity index (χ0) is 15.1. The fraction of sp³-hybridized carbons (Fsp3) is 0.467. The van der Waals surface area contributed by atoms with Crippen LogP contribution in [0.2, 0.25) is 5.02 Å². The Morgan fingerprint density at radius 3 is 2.38 bits per heavy atom. The lowest BCUT2D eigenvalue weighted by Crippen LogP contribution is -2.43. The second-order valence-electron chi connectivity index (χ2n) is 5.21. The molecular weight excluding hydrogens is 290 g/mol. The zero-order valence-electron chi connectivity index (χ0n) is 11.8. The molecule has 3 N–H and O–H groups in total. The highest BCUT2D eigenvalue weighted by Gasteiger charge is 2.17. The molecule has 114 valence electrons. The number of carbonyl (C=O) groups excluding carboxylic acids is 2. The lowest BCUT2D eigenvalue weighted by atomic mass is 9.98. The van der Waals surface area contributed by atoms with Crippen LogP contribution in [-0.4, -0.2) is 31.4 Å². The van der Waals surface area contributed by atoms with Gasteiger partial charge in [0.2, 0.25) is 0 Å². The number of piperidine rings is 1. The van der Waals surface area contributed by atoms with Crippen molar-refractivity contribution in [2.24, 2.45) is 5.92 Å². The molecule has 6 heteroatoms. The van der Waals surface area contributed by atoms with Gasteiger partial charge in [0.1, 0.15) is 0 Å². The third-order valence-corrected chi connectivity index (χ3v) is 3.83. The van der Waals surface area contributed by atoms with Crippen LogP contribution in [0.4, 0.5) is 0 Å². The zero-order valence-corrected chi connectivity index (χ0v) is 12.6. The summed E-state index contributed by atoms with van der Waals surface area (Å²) in [5, 5.41) is 9.21. The van der Waals surface area contributed by atoms with Crippen LogP contribution in [0.3, 0.4) is 0 Å². The van der Waals surface area contributed by atoms with Crippen molar-refractivity contribution in [3.63, 3.8) is 0 Å². The van der Waals surface area contributed by atoms with Crippen molar-refractivity contribution >= 4 is 23.4 Å². The molecule has 1 aromatic carbocycles. The Kier molecular flexibility index (Phi) is 6.02. The largest absolute Gasteiger partial charge is 0.348 e. The maximum Gasteiger partial charge on any atom is 0.309 e. The molecule has 2 rings (SSSR count). The number of rotatable bonds is 4. The normalized spacial score (nSPS) is 15.5. The van der Waals surface area contributed by atoms with Gasteiger partial charge in [-0.15, -0.1) is 0 Å². The van der Waals surface area contributed by atoms with Crippen molar-refractivity contribution in [1.29, 1.82) is 0 Å². The summed E-state index contributed by atoms with van der Waals surface area (Å²) in [4.78, 5) is 23.4. The standard InChI is InChI=1S/C15H20ClN3O2/c16-13-3-1-11(2-4-13)9-18-14(20)15(21)19-10-12-5-7-17-8-6-12/h1-4,12,17H,5-10H2,(H,18,20)(H,19,21). The minimum absolute atomic E-state index is 0.316. The Hall–Kier alpha value is -1.59. The number of benzene rings is 1. The molecule has 2 amide bonds. The molecule has 0 radical (unpaired) electrons. The van der Waals surface area contributed by atoms with Crippen LogP contribution in [0.15, 0.2) is 24.3 Å². The first-order chi connectivity index (χ1) is 10.1. The Balaban J connectivity index is 1.69. The highest BCUT2D eigenvalue weighted by molar-refractivity contribution is 6.35. The van der Waals surface area contributed by atoms with Crippen LogP contribution in [0.5, 0.6) is 0 Å². The smallest absolute Gasteiger partial charge is 0.309 e. The van der Waals surface area contributed by atoms with Gasteiger partial charge in [-0.3, -0.25) is 9.59 Å². The van der Waals surface area contributed by atoms with Gasteiger partial charge < -0.3 is 16.0 Å². The SMILES string of the molecule is O=C(NCc1ccc(Cl)cc1)C(=O)NCC1CCNCC1. The fourth-order valence-electron chi connectivity index (χ4n) is 2.27. The Bertz CT molecular complexity index is 484. The van der Waals surface area contributed by atoms with Gasteiger partial charge in [0, 0.05) is 18.1 Å². The van der Waals surface area contributed by atoms with E-state index in [-0.39, 0.29) is 0 Å². The summed E-state index contributed by atoms with van der Waals surface area (Å²) >= 11 is 5.78. The molecule has 1 aliphatic rings. The van der Waals surface area contributed by atoms with Crippen molar-refractivity contribution in [2.45, 2.75) is 19.4 Å². The molecule has 0 saturated carbocycles. The van der Waals surface area contributed by atoms with E-state index in [1.54, 1.807) is 12.1 Å². The van der Waals surface area contributed by atoms with E-state index < -0.39 is 11.8 Å². The van der Waals surface area contributed by atoms with Crippen molar-refractivity contribution < 1.29 is 9.59 Å². The fourth-order valence-corrected chi connectivity index (χ4v) is 2.39. The number of amides is 2. The quantitative estimate of drug-likeness (QED) is 0.729. The number of hydrogen-bond donors (Lipinski definition) is 3. The van der Waals surface area contributed by atoms with Crippen LogP contribution < -0.4 is 16.0 Å². The minimum atomic E-state index is -0.598. The van der Waals surface area contributed by atoms with Crippen LogP contribution in [0, 0.1) is 5.92 Å². The van der Waals surface area contributed by atoms with Gasteiger partial charge in [0.05, 0.1) is 0 Å². The van der Waals surface area contributed by atoms with E-state index in [0.29, 0.717) is 24.0 Å². The molecule has 1 aliphatic heterocycles. The Labute approximate surface area is 129 Å². The third-order valence-electron chi connectivity index (χ3n) is 3.58. The van der Waals surface area contributed by atoms with Crippen LogP contribution in [0.25, 0.3) is 0 Å². The molecule has 0 aromatic heterocycles. The van der Waals surface area contributed by atoms with Crippen molar-refractivity contribution in [3.8, 4) is 0 Å². The van der Waals surface area contributed by atoms with Crippen molar-refractivity contribution in [3.05, 3.63) is 34.9 Å². The first-order valence-electron chi connectivity index (χ1n) is 7.16. The summed E-state index contributed by atoms with van der Waals surface area (Å²) in [6, 6.07) is 7.13. The van der Waals surface area contributed by atoms with Crippen LogP contribution >= 0.6 is 11.6 Å². The molecular formula is C15H20ClN3O2. The topological polar surface area (TPSA) is 70.2 Å². The molecule has 0 bridgehead atoms. The summed E-state index contributed by atoms with van der Waals surface area (Å²) in [7, 11) is 0. The highest BCUT2D eigenvalue weighted by Crippen LogP contribution is 2.10. The first-order valence-corrected chi connectivity index (χ1v) is 7.54. The van der Waals surface area contributed by atoms with E-state index in [4.69, 9.17) is 11.6 Å². The van der Waals surface area contributed by atoms with Gasteiger partial charge in [0.15, 0.2) is 0 Å². The summed E-state index contributed by atoms with van der Waals surface area (Å²) in [5.74, 6) is -0.708. The lowest BCUT2D eigenvalue weighted by Gasteiger charge is -2.22. The van der Waals surface area contributed by atoms with E-state index in [9.17, 15) is 9.59 Å². The van der Waals surface area contributed by atoms with Gasteiger partial charge in [-0.25, -0.2) is 0 Å². The van der Waals surface area contributed by atoms with Crippen molar-refractivity contribution in [2.75, 3.05) is 19.6 Å². The molecule has 1 fully saturated rings. The van der Waals surface area contributed by atoms with Crippen LogP contribution in [0.1, 0.15) is 18.4 Å². The summed E-state index contributed by atoms with van der Waals surface area (Å²) in [6.45, 7) is 2.83. The van der Waals surface area contributed by atoms with Crippen molar-refractivity contribution in [1.82, 2.24) is 16.0 Å². The summed E-state index contributed by atoms with van der Waals surface area (Å²) in [5.41, 5.74) is 0.902. The molecule has 1 heterocycles. The average Bonchev–Trinajstić information content (AvgIpc) is 2.52. The number of nitrogens with one attached hydrogen (secondary N) is 3. The predicted octanol–water partition coefficient (Wildman–Crippen LogP) is 1.07. The van der Waals surface area contributed by atoms with Gasteiger partial charge >= 0.3 is 11.8 Å². The van der Waals surface area contributed by atoms with E-state index >= 15 is 0 Å². The van der Waals surface area contributed by atoms with Gasteiger partial charge in [-0.05, 0) is 49.5 Å². The summed E-state index contributed by atoms with van der Waals surface area (Å²) < 4.78 is 0. The van der Waals surface area contributed by atoms with Crippen LogP contribution in [-0.2, 0) is 16.1 Å². The van der Waals surface area contributed by atoms with Gasteiger partial charge in [-0.1, -0.05) is 23.7 Å². The van der Waals surface area contributed by atoms with E-state index in [2.05, 4.69) is 16.0 Å². The molecule has 0 unspecified atom stereocenters. The number of carbonyl (C=O) groups is 2. The molecule has 0 atom stereocenters. The van der Waals surface area contributed by atoms with E-state index in [0.717, 1.165) is 31.5 Å².